The Hall–Kier alpha value is -0.920. The van der Waals surface area contributed by atoms with E-state index in [4.69, 9.17) is 0 Å². The van der Waals surface area contributed by atoms with Gasteiger partial charge in [-0.05, 0) is 133 Å². The van der Waals surface area contributed by atoms with Crippen molar-refractivity contribution in [2.45, 2.75) is 97.3 Å². The first-order valence-corrected chi connectivity index (χ1v) is 14.9. The highest BCUT2D eigenvalue weighted by Crippen LogP contribution is 2.64. The van der Waals surface area contributed by atoms with E-state index in [2.05, 4.69) is 35.8 Å². The Morgan fingerprint density at radius 2 is 0.818 bits per heavy atom. The summed E-state index contributed by atoms with van der Waals surface area (Å²) in [7, 11) is 0. The molecule has 9 rings (SSSR count). The van der Waals surface area contributed by atoms with Crippen LogP contribution in [0.15, 0.2) is 23.5 Å². The smallest absolute Gasteiger partial charge is 0.0351 e. The van der Waals surface area contributed by atoms with Gasteiger partial charge in [-0.25, -0.2) is 0 Å². The van der Waals surface area contributed by atoms with Gasteiger partial charge in [-0.3, -0.25) is 0 Å². The third-order valence-electron chi connectivity index (χ3n) is 11.9. The molecular weight excluding hydrogens is 400 g/mol. The predicted octanol–water partition coefficient (Wildman–Crippen LogP) is 7.23. The molecule has 0 amide bonds. The van der Waals surface area contributed by atoms with Gasteiger partial charge >= 0.3 is 0 Å². The van der Waals surface area contributed by atoms with Crippen LogP contribution in [0.25, 0.3) is 0 Å². The number of nitrogens with zero attached hydrogens (tertiary/aromatic N) is 2. The van der Waals surface area contributed by atoms with E-state index in [1.807, 2.05) is 0 Å². The summed E-state index contributed by atoms with van der Waals surface area (Å²) in [4.78, 5) is 5.78. The molecule has 33 heavy (non-hydrogen) atoms. The fraction of sp³-hybridized carbons (Fsp3) is 0.871. The zero-order chi connectivity index (χ0) is 22.2. The molecule has 2 nitrogen and oxygen atoms in total. The molecular formula is C31H48N2. The minimum Gasteiger partial charge on any atom is -0.373 e. The van der Waals surface area contributed by atoms with Gasteiger partial charge in [-0.2, -0.15) is 0 Å². The summed E-state index contributed by atoms with van der Waals surface area (Å²) in [5.74, 6) is 6.25. The Labute approximate surface area is 203 Å². The van der Waals surface area contributed by atoms with Crippen LogP contribution in [-0.4, -0.2) is 36.0 Å². The van der Waals surface area contributed by atoms with Crippen LogP contribution in [0.3, 0.4) is 0 Å². The highest BCUT2D eigenvalue weighted by atomic mass is 15.2. The van der Waals surface area contributed by atoms with Crippen LogP contribution in [0.1, 0.15) is 97.3 Å². The molecule has 9 fully saturated rings. The van der Waals surface area contributed by atoms with E-state index in [0.29, 0.717) is 10.8 Å². The second-order valence-electron chi connectivity index (χ2n) is 14.1. The highest BCUT2D eigenvalue weighted by molar-refractivity contribution is 5.22. The molecule has 1 heterocycles. The molecule has 0 aromatic rings. The molecule has 0 radical (unpaired) electrons. The van der Waals surface area contributed by atoms with E-state index >= 15 is 0 Å². The Kier molecular flexibility index (Phi) is 5.05. The van der Waals surface area contributed by atoms with Gasteiger partial charge in [0, 0.05) is 48.4 Å². The predicted molar refractivity (Wildman–Crippen MR) is 136 cm³/mol. The molecule has 0 atom stereocenters. The Morgan fingerprint density at radius 1 is 0.515 bits per heavy atom. The summed E-state index contributed by atoms with van der Waals surface area (Å²) < 4.78 is 0. The zero-order valence-corrected chi connectivity index (χ0v) is 21.5. The van der Waals surface area contributed by atoms with E-state index in [1.165, 1.54) is 71.1 Å². The summed E-state index contributed by atoms with van der Waals surface area (Å²) in [6.45, 7) is 9.81. The van der Waals surface area contributed by atoms with Crippen molar-refractivity contribution in [2.75, 3.05) is 26.2 Å². The van der Waals surface area contributed by atoms with Gasteiger partial charge in [-0.15, -0.1) is 0 Å². The van der Waals surface area contributed by atoms with Gasteiger partial charge < -0.3 is 9.80 Å². The van der Waals surface area contributed by atoms with E-state index in [1.54, 1.807) is 49.9 Å². The van der Waals surface area contributed by atoms with Crippen molar-refractivity contribution in [3.63, 3.8) is 0 Å². The molecule has 8 saturated carbocycles. The van der Waals surface area contributed by atoms with Crippen molar-refractivity contribution in [3.05, 3.63) is 23.5 Å². The molecule has 0 unspecified atom stereocenters. The molecule has 1 saturated heterocycles. The van der Waals surface area contributed by atoms with Crippen LogP contribution >= 0.6 is 0 Å². The van der Waals surface area contributed by atoms with Crippen molar-refractivity contribution in [3.8, 4) is 0 Å². The second kappa shape index (κ2) is 7.79. The van der Waals surface area contributed by atoms with E-state index < -0.39 is 0 Å². The van der Waals surface area contributed by atoms with E-state index in [-0.39, 0.29) is 0 Å². The maximum absolute atomic E-state index is 2.89. The average Bonchev–Trinajstić information content (AvgIpc) is 2.98. The topological polar surface area (TPSA) is 6.48 Å². The lowest BCUT2D eigenvalue weighted by Gasteiger charge is -2.59. The molecule has 2 heteroatoms. The number of hydrogen-bond acceptors (Lipinski definition) is 2. The summed E-state index contributed by atoms with van der Waals surface area (Å²) in [5.41, 5.74) is 4.64. The highest BCUT2D eigenvalue weighted by Gasteiger charge is 2.55. The second-order valence-corrected chi connectivity index (χ2v) is 14.1. The van der Waals surface area contributed by atoms with Crippen molar-refractivity contribution >= 4 is 0 Å². The minimum atomic E-state index is 0.544. The van der Waals surface area contributed by atoms with Gasteiger partial charge in [0.2, 0.25) is 0 Å². The van der Waals surface area contributed by atoms with Crippen LogP contribution in [-0.2, 0) is 0 Å². The molecule has 0 aromatic carbocycles. The molecule has 0 N–H and O–H groups in total. The van der Waals surface area contributed by atoms with Gasteiger partial charge in [-0.1, -0.05) is 12.2 Å². The Morgan fingerprint density at radius 3 is 1.09 bits per heavy atom. The maximum Gasteiger partial charge on any atom is 0.0351 e. The Bertz CT molecular complexity index is 695. The van der Waals surface area contributed by atoms with Gasteiger partial charge in [0.25, 0.3) is 0 Å². The lowest BCUT2D eigenvalue weighted by Crippen LogP contribution is -2.51. The van der Waals surface area contributed by atoms with Crippen molar-refractivity contribution < 1.29 is 0 Å². The SMILES string of the molecule is CC=C(N1CCCN(C(=CC)C23CC4CC(CC(C4)C2)C3)CC1)C12CC3CC(CC(C3)C1)C2. The number of rotatable bonds is 4. The van der Waals surface area contributed by atoms with Crippen LogP contribution in [0.5, 0.6) is 0 Å². The monoisotopic (exact) mass is 448 g/mol. The molecule has 8 bridgehead atoms. The van der Waals surface area contributed by atoms with Crippen LogP contribution < -0.4 is 0 Å². The minimum absolute atomic E-state index is 0.544. The summed E-state index contributed by atoms with van der Waals surface area (Å²) >= 11 is 0. The standard InChI is InChI=1S/C31H48N2/c1-3-28(30-16-22-10-23(17-30)12-24(11-22)18-30)32-6-5-7-33(9-8-32)29(4-2)31-19-25-13-26(20-31)15-27(14-25)21-31/h3-4,22-27H,5-21H2,1-2H3. The van der Waals surface area contributed by atoms with Gasteiger partial charge in [0.05, 0.1) is 0 Å². The number of hydrogen-bond donors (Lipinski definition) is 0. The molecule has 0 spiro atoms. The largest absolute Gasteiger partial charge is 0.373 e. The zero-order valence-electron chi connectivity index (χ0n) is 21.5. The molecule has 8 aliphatic carbocycles. The van der Waals surface area contributed by atoms with Crippen LogP contribution in [0, 0.1) is 46.3 Å². The normalized spacial score (nSPS) is 49.2. The molecule has 9 aliphatic rings. The van der Waals surface area contributed by atoms with E-state index in [0.717, 1.165) is 35.5 Å². The van der Waals surface area contributed by atoms with Gasteiger partial charge in [0.15, 0.2) is 0 Å². The molecule has 1 aliphatic heterocycles. The average molecular weight is 449 g/mol. The van der Waals surface area contributed by atoms with Crippen LogP contribution in [0.2, 0.25) is 0 Å². The lowest BCUT2D eigenvalue weighted by atomic mass is 9.48. The third kappa shape index (κ3) is 3.39. The first-order chi connectivity index (χ1) is 16.1. The van der Waals surface area contributed by atoms with Crippen molar-refractivity contribution in [2.24, 2.45) is 46.3 Å². The fourth-order valence-electron chi connectivity index (χ4n) is 11.9. The fourth-order valence-corrected chi connectivity index (χ4v) is 11.9. The summed E-state index contributed by atoms with van der Waals surface area (Å²) in [5, 5.41) is 0. The Balaban J connectivity index is 1.09. The lowest BCUT2D eigenvalue weighted by molar-refractivity contribution is -0.0466. The van der Waals surface area contributed by atoms with Crippen molar-refractivity contribution in [1.82, 2.24) is 9.80 Å². The van der Waals surface area contributed by atoms with Crippen LogP contribution in [0.4, 0.5) is 0 Å². The quantitative estimate of drug-likeness (QED) is 0.447. The van der Waals surface area contributed by atoms with E-state index in [9.17, 15) is 0 Å². The van der Waals surface area contributed by atoms with Crippen molar-refractivity contribution in [1.29, 1.82) is 0 Å². The number of allylic oxidation sites excluding steroid dienone is 4. The summed E-state index contributed by atoms with van der Waals surface area (Å²) in [6.07, 6.45) is 24.8. The molecule has 182 valence electrons. The molecule has 0 aromatic heterocycles. The summed E-state index contributed by atoms with van der Waals surface area (Å²) in [6, 6.07) is 0. The first kappa shape index (κ1) is 21.4. The third-order valence-corrected chi connectivity index (χ3v) is 11.9. The van der Waals surface area contributed by atoms with Gasteiger partial charge in [0.1, 0.15) is 0 Å². The first-order valence-electron chi connectivity index (χ1n) is 14.9. The maximum atomic E-state index is 2.89.